The van der Waals surface area contributed by atoms with Crippen LogP contribution >= 0.6 is 21.6 Å². The SMILES string of the molecule is CC(C)C#CCNC(=O)COCCOC(COc1cccc(C(=O)NCCOCCOCCOCCCCC(C)C)c1)C(C)SSC(C)(C)C. The fraction of sp³-hybridized carbons (Fsp3) is 0.737. The van der Waals surface area contributed by atoms with Crippen molar-refractivity contribution in [3.63, 3.8) is 0 Å². The first kappa shape index (κ1) is 46.0. The van der Waals surface area contributed by atoms with Crippen LogP contribution in [0.25, 0.3) is 0 Å². The lowest BCUT2D eigenvalue weighted by Gasteiger charge is -2.26. The highest BCUT2D eigenvalue weighted by atomic mass is 33.1. The van der Waals surface area contributed by atoms with Gasteiger partial charge < -0.3 is 39.1 Å². The summed E-state index contributed by atoms with van der Waals surface area (Å²) in [4.78, 5) is 24.7. The number of benzene rings is 1. The minimum atomic E-state index is -0.246. The fourth-order valence-electron chi connectivity index (χ4n) is 4.02. The summed E-state index contributed by atoms with van der Waals surface area (Å²) in [6, 6.07) is 7.09. The molecule has 2 atom stereocenters. The Morgan fingerprint density at radius 2 is 1.52 bits per heavy atom. The van der Waals surface area contributed by atoms with E-state index in [1.807, 2.05) is 19.9 Å². The van der Waals surface area contributed by atoms with Gasteiger partial charge in [-0.3, -0.25) is 9.59 Å². The molecular formula is C38H64N2O8S2. The van der Waals surface area contributed by atoms with Crippen molar-refractivity contribution in [2.45, 2.75) is 90.8 Å². The zero-order valence-electron chi connectivity index (χ0n) is 31.8. The Kier molecular flexibility index (Phi) is 26.3. The van der Waals surface area contributed by atoms with Gasteiger partial charge in [0.05, 0.1) is 52.8 Å². The molecule has 286 valence electrons. The monoisotopic (exact) mass is 740 g/mol. The molecule has 0 aliphatic heterocycles. The van der Waals surface area contributed by atoms with Gasteiger partial charge in [-0.15, -0.1) is 0 Å². The van der Waals surface area contributed by atoms with Gasteiger partial charge in [0.1, 0.15) is 25.1 Å². The van der Waals surface area contributed by atoms with Crippen LogP contribution in [0, 0.1) is 23.7 Å². The Labute approximate surface area is 310 Å². The largest absolute Gasteiger partial charge is 0.491 e. The first-order valence-electron chi connectivity index (χ1n) is 17.9. The molecule has 1 rings (SSSR count). The van der Waals surface area contributed by atoms with Gasteiger partial charge >= 0.3 is 0 Å². The molecule has 0 radical (unpaired) electrons. The normalized spacial score (nSPS) is 12.8. The predicted molar refractivity (Wildman–Crippen MR) is 206 cm³/mol. The molecule has 10 nitrogen and oxygen atoms in total. The Balaban J connectivity index is 2.39. The van der Waals surface area contributed by atoms with Crippen LogP contribution in [0.3, 0.4) is 0 Å². The molecule has 1 aromatic carbocycles. The summed E-state index contributed by atoms with van der Waals surface area (Å²) < 4.78 is 34.6. The molecule has 0 heterocycles. The van der Waals surface area contributed by atoms with E-state index in [0.29, 0.717) is 70.7 Å². The Morgan fingerprint density at radius 1 is 0.840 bits per heavy atom. The molecule has 0 aliphatic rings. The van der Waals surface area contributed by atoms with Gasteiger partial charge in [-0.2, -0.15) is 0 Å². The number of hydrogen-bond donors (Lipinski definition) is 2. The standard InChI is InChI=1S/C38H64N2O8S2/c1-30(2)13-9-10-19-43-21-23-45-24-22-44-20-18-40-37(42)33-15-11-16-34(27-33)48-28-35(32(5)49-50-38(6,7)8)47-26-25-46-29-36(41)39-17-12-14-31(3)4/h11,15-16,27,30-32,35H,9-10,13,17-26,28-29H2,1-8H3,(H,39,41)(H,40,42). The highest BCUT2D eigenvalue weighted by Gasteiger charge is 2.23. The summed E-state index contributed by atoms with van der Waals surface area (Å²) >= 11 is 0. The van der Waals surface area contributed by atoms with Gasteiger partial charge in [-0.1, -0.05) is 101 Å². The number of unbranched alkanes of at least 4 members (excludes halogenated alkanes) is 1. The molecule has 12 heteroatoms. The van der Waals surface area contributed by atoms with Gasteiger partial charge in [0.2, 0.25) is 5.91 Å². The van der Waals surface area contributed by atoms with E-state index >= 15 is 0 Å². The first-order valence-corrected chi connectivity index (χ1v) is 20.1. The van der Waals surface area contributed by atoms with Crippen molar-refractivity contribution in [2.24, 2.45) is 11.8 Å². The minimum Gasteiger partial charge on any atom is -0.491 e. The van der Waals surface area contributed by atoms with E-state index in [2.05, 4.69) is 64.0 Å². The van der Waals surface area contributed by atoms with Crippen LogP contribution in [-0.4, -0.2) is 107 Å². The minimum absolute atomic E-state index is 0.0533. The van der Waals surface area contributed by atoms with Crippen molar-refractivity contribution in [1.82, 2.24) is 10.6 Å². The predicted octanol–water partition coefficient (Wildman–Crippen LogP) is 6.42. The number of carbonyl (C=O) groups is 2. The molecule has 2 N–H and O–H groups in total. The zero-order valence-corrected chi connectivity index (χ0v) is 33.4. The van der Waals surface area contributed by atoms with E-state index in [-0.39, 0.29) is 47.0 Å². The molecule has 0 saturated heterocycles. The smallest absolute Gasteiger partial charge is 0.251 e. The number of hydrogen-bond acceptors (Lipinski definition) is 10. The van der Waals surface area contributed by atoms with Gasteiger partial charge in [-0.05, 0) is 37.5 Å². The molecule has 2 amide bonds. The molecular weight excluding hydrogens is 677 g/mol. The molecule has 0 saturated carbocycles. The van der Waals surface area contributed by atoms with Crippen LogP contribution in [0.15, 0.2) is 24.3 Å². The highest BCUT2D eigenvalue weighted by molar-refractivity contribution is 8.77. The Morgan fingerprint density at radius 3 is 2.20 bits per heavy atom. The lowest BCUT2D eigenvalue weighted by molar-refractivity contribution is -0.126. The lowest BCUT2D eigenvalue weighted by Crippen LogP contribution is -2.33. The lowest BCUT2D eigenvalue weighted by atomic mass is 10.1. The van der Waals surface area contributed by atoms with Crippen molar-refractivity contribution in [2.75, 3.05) is 79.2 Å². The summed E-state index contributed by atoms with van der Waals surface area (Å²) in [5.74, 6) is 7.09. The van der Waals surface area contributed by atoms with Crippen molar-refractivity contribution < 1.29 is 38.0 Å². The number of ether oxygens (including phenoxy) is 6. The van der Waals surface area contributed by atoms with E-state index in [9.17, 15) is 9.59 Å². The maximum absolute atomic E-state index is 12.8. The molecule has 0 aromatic heterocycles. The van der Waals surface area contributed by atoms with Gasteiger partial charge in [0.25, 0.3) is 5.91 Å². The second kappa shape index (κ2) is 28.6. The third-order valence-electron chi connectivity index (χ3n) is 6.64. The van der Waals surface area contributed by atoms with Crippen molar-refractivity contribution in [3.05, 3.63) is 29.8 Å². The van der Waals surface area contributed by atoms with E-state index < -0.39 is 0 Å². The third kappa shape index (κ3) is 26.8. The van der Waals surface area contributed by atoms with Crippen molar-refractivity contribution in [3.8, 4) is 17.6 Å². The summed E-state index contributed by atoms with van der Waals surface area (Å²) in [6.07, 6.45) is 3.28. The average Bonchev–Trinajstić information content (AvgIpc) is 3.06. The highest BCUT2D eigenvalue weighted by Crippen LogP contribution is 2.39. The summed E-state index contributed by atoms with van der Waals surface area (Å²) in [5, 5.41) is 5.72. The van der Waals surface area contributed by atoms with Crippen LogP contribution in [0.4, 0.5) is 0 Å². The quantitative estimate of drug-likeness (QED) is 0.0568. The summed E-state index contributed by atoms with van der Waals surface area (Å²) in [7, 11) is 3.53. The maximum atomic E-state index is 12.8. The van der Waals surface area contributed by atoms with E-state index in [1.165, 1.54) is 12.8 Å². The molecule has 0 fully saturated rings. The number of rotatable bonds is 28. The Hall–Kier alpha value is -1.98. The van der Waals surface area contributed by atoms with Crippen molar-refractivity contribution in [1.29, 1.82) is 0 Å². The first-order chi connectivity index (χ1) is 23.9. The second-order valence-corrected chi connectivity index (χ2v) is 16.9. The maximum Gasteiger partial charge on any atom is 0.251 e. The van der Waals surface area contributed by atoms with Crippen LogP contribution in [0.1, 0.15) is 85.0 Å². The zero-order chi connectivity index (χ0) is 37.0. The Bertz CT molecular complexity index is 1100. The van der Waals surface area contributed by atoms with E-state index in [0.717, 1.165) is 18.9 Å². The molecule has 50 heavy (non-hydrogen) atoms. The molecule has 0 bridgehead atoms. The average molecular weight is 741 g/mol. The van der Waals surface area contributed by atoms with Crippen LogP contribution < -0.4 is 15.4 Å². The number of carbonyl (C=O) groups excluding carboxylic acids is 2. The molecule has 2 unspecified atom stereocenters. The summed E-state index contributed by atoms with van der Waals surface area (Å²) in [6.45, 7) is 21.8. The van der Waals surface area contributed by atoms with Gasteiger partial charge in [0, 0.05) is 34.6 Å². The number of amides is 2. The number of nitrogens with one attached hydrogen (secondary N) is 2. The van der Waals surface area contributed by atoms with Gasteiger partial charge in [0.15, 0.2) is 0 Å². The van der Waals surface area contributed by atoms with E-state index in [4.69, 9.17) is 28.4 Å². The molecule has 1 aromatic rings. The van der Waals surface area contributed by atoms with Crippen LogP contribution in [0.2, 0.25) is 0 Å². The summed E-state index contributed by atoms with van der Waals surface area (Å²) in [5.41, 5.74) is 0.500. The van der Waals surface area contributed by atoms with Crippen LogP contribution in [0.5, 0.6) is 5.75 Å². The molecule has 0 aliphatic carbocycles. The van der Waals surface area contributed by atoms with Crippen molar-refractivity contribution >= 4 is 33.4 Å². The molecule has 0 spiro atoms. The third-order valence-corrected chi connectivity index (χ3v) is 10.5. The topological polar surface area (TPSA) is 114 Å². The van der Waals surface area contributed by atoms with Gasteiger partial charge in [-0.25, -0.2) is 0 Å². The fourth-order valence-corrected chi connectivity index (χ4v) is 6.43. The van der Waals surface area contributed by atoms with E-state index in [1.54, 1.807) is 39.8 Å². The van der Waals surface area contributed by atoms with Crippen LogP contribution in [-0.2, 0) is 28.5 Å². The second-order valence-electron chi connectivity index (χ2n) is 13.5.